The molecule has 2 aromatic rings. The average Bonchev–Trinajstić information content (AvgIpc) is 2.82. The summed E-state index contributed by atoms with van der Waals surface area (Å²) in [5, 5.41) is 9.25. The first-order valence-electron chi connectivity index (χ1n) is 6.03. The third-order valence-corrected chi connectivity index (χ3v) is 3.53. The highest BCUT2D eigenvalue weighted by molar-refractivity contribution is 5.89. The molecule has 18 heavy (non-hydrogen) atoms. The first-order valence-corrected chi connectivity index (χ1v) is 6.03. The Balaban J connectivity index is 2.10. The molecule has 3 rings (SSSR count). The largest absolute Gasteiger partial charge is 0.478 e. The number of rotatable bonds is 2. The first kappa shape index (κ1) is 11.0. The van der Waals surface area contributed by atoms with Gasteiger partial charge in [0.1, 0.15) is 0 Å². The van der Waals surface area contributed by atoms with Crippen molar-refractivity contribution in [2.24, 2.45) is 0 Å². The Bertz CT molecular complexity index is 607. The van der Waals surface area contributed by atoms with Crippen LogP contribution < -0.4 is 0 Å². The highest BCUT2D eigenvalue weighted by Gasteiger charge is 2.27. The molecule has 0 amide bonds. The maximum absolute atomic E-state index is 11.3. The lowest BCUT2D eigenvalue weighted by Crippen LogP contribution is -2.07. The summed E-state index contributed by atoms with van der Waals surface area (Å²) in [6.45, 7) is 0. The summed E-state index contributed by atoms with van der Waals surface area (Å²) in [4.78, 5) is 15.7. The second-order valence-electron chi connectivity index (χ2n) is 4.53. The van der Waals surface area contributed by atoms with Gasteiger partial charge in [-0.05, 0) is 36.1 Å². The van der Waals surface area contributed by atoms with Crippen LogP contribution in [-0.2, 0) is 6.42 Å². The van der Waals surface area contributed by atoms with Crippen molar-refractivity contribution in [2.75, 3.05) is 0 Å². The van der Waals surface area contributed by atoms with Gasteiger partial charge in [-0.2, -0.15) is 0 Å². The van der Waals surface area contributed by atoms with Crippen molar-refractivity contribution in [3.63, 3.8) is 0 Å². The molecule has 0 aliphatic heterocycles. The topological polar surface area (TPSA) is 50.2 Å². The summed E-state index contributed by atoms with van der Waals surface area (Å²) >= 11 is 0. The molecule has 1 aromatic carbocycles. The summed E-state index contributed by atoms with van der Waals surface area (Å²) in [5.74, 6) is -0.747. The normalized spacial score (nSPS) is 17.4. The van der Waals surface area contributed by atoms with Crippen LogP contribution in [-0.4, -0.2) is 16.1 Å². The van der Waals surface area contributed by atoms with Crippen LogP contribution in [0.2, 0.25) is 0 Å². The molecule has 1 aliphatic carbocycles. The standard InChI is InChI=1S/C15H13NO2/c17-15(18)13-6-2-1-5-11(13)12-8-7-10-4-3-9-16-14(10)12/h1-6,9,12H,7-8H2,(H,17,18). The Labute approximate surface area is 105 Å². The number of fused-ring (bicyclic) bond motifs is 1. The fourth-order valence-corrected chi connectivity index (χ4v) is 2.71. The minimum absolute atomic E-state index is 0.119. The van der Waals surface area contributed by atoms with Crippen molar-refractivity contribution >= 4 is 5.97 Å². The van der Waals surface area contributed by atoms with Crippen molar-refractivity contribution < 1.29 is 9.90 Å². The van der Waals surface area contributed by atoms with Gasteiger partial charge in [0.25, 0.3) is 0 Å². The number of nitrogens with zero attached hydrogens (tertiary/aromatic N) is 1. The predicted molar refractivity (Wildman–Crippen MR) is 67.8 cm³/mol. The molecule has 1 aromatic heterocycles. The fourth-order valence-electron chi connectivity index (χ4n) is 2.71. The molecular weight excluding hydrogens is 226 g/mol. The molecule has 1 atom stereocenters. The van der Waals surface area contributed by atoms with Gasteiger partial charge in [0.2, 0.25) is 0 Å². The highest BCUT2D eigenvalue weighted by atomic mass is 16.4. The Morgan fingerprint density at radius 3 is 2.89 bits per heavy atom. The molecule has 1 unspecified atom stereocenters. The Hall–Kier alpha value is -2.16. The van der Waals surface area contributed by atoms with Crippen LogP contribution in [0.15, 0.2) is 42.6 Å². The smallest absolute Gasteiger partial charge is 0.335 e. The molecule has 0 radical (unpaired) electrons. The van der Waals surface area contributed by atoms with Gasteiger partial charge in [-0.3, -0.25) is 4.98 Å². The second-order valence-corrected chi connectivity index (χ2v) is 4.53. The highest BCUT2D eigenvalue weighted by Crippen LogP contribution is 2.37. The molecule has 1 N–H and O–H groups in total. The quantitative estimate of drug-likeness (QED) is 0.876. The van der Waals surface area contributed by atoms with Gasteiger partial charge >= 0.3 is 5.97 Å². The molecule has 0 bridgehead atoms. The number of pyridine rings is 1. The summed E-state index contributed by atoms with van der Waals surface area (Å²) < 4.78 is 0. The van der Waals surface area contributed by atoms with E-state index < -0.39 is 5.97 Å². The number of aromatic nitrogens is 1. The molecule has 3 heteroatoms. The van der Waals surface area contributed by atoms with Gasteiger partial charge in [-0.25, -0.2) is 4.79 Å². The summed E-state index contributed by atoms with van der Waals surface area (Å²) in [6.07, 6.45) is 3.69. The average molecular weight is 239 g/mol. The zero-order valence-corrected chi connectivity index (χ0v) is 9.84. The van der Waals surface area contributed by atoms with Crippen LogP contribution in [0.25, 0.3) is 0 Å². The summed E-state index contributed by atoms with van der Waals surface area (Å²) in [5.41, 5.74) is 3.54. The van der Waals surface area contributed by atoms with E-state index in [-0.39, 0.29) is 5.92 Å². The number of carboxylic acids is 1. The second kappa shape index (κ2) is 4.26. The molecule has 1 heterocycles. The van der Waals surface area contributed by atoms with E-state index in [9.17, 15) is 9.90 Å². The van der Waals surface area contributed by atoms with E-state index in [2.05, 4.69) is 11.1 Å². The van der Waals surface area contributed by atoms with Crippen LogP contribution in [0.1, 0.15) is 39.5 Å². The summed E-state index contributed by atoms with van der Waals surface area (Å²) in [7, 11) is 0. The molecular formula is C15H13NO2. The van der Waals surface area contributed by atoms with E-state index in [1.807, 2.05) is 18.2 Å². The lowest BCUT2D eigenvalue weighted by molar-refractivity contribution is 0.0695. The Kier molecular flexibility index (Phi) is 2.59. The third kappa shape index (κ3) is 1.68. The van der Waals surface area contributed by atoms with Crippen LogP contribution in [0.4, 0.5) is 0 Å². The fraction of sp³-hybridized carbons (Fsp3) is 0.200. The van der Waals surface area contributed by atoms with Crippen LogP contribution >= 0.6 is 0 Å². The summed E-state index contributed by atoms with van der Waals surface area (Å²) in [6, 6.07) is 11.2. The molecule has 0 saturated carbocycles. The zero-order valence-electron chi connectivity index (χ0n) is 9.84. The number of carbonyl (C=O) groups is 1. The van der Waals surface area contributed by atoms with Gasteiger partial charge in [0.15, 0.2) is 0 Å². The van der Waals surface area contributed by atoms with Crippen molar-refractivity contribution in [2.45, 2.75) is 18.8 Å². The third-order valence-electron chi connectivity index (χ3n) is 3.53. The van der Waals surface area contributed by atoms with Crippen LogP contribution in [0.3, 0.4) is 0 Å². The Morgan fingerprint density at radius 2 is 2.06 bits per heavy atom. The number of carboxylic acid groups (broad SMARTS) is 1. The monoisotopic (exact) mass is 239 g/mol. The lowest BCUT2D eigenvalue weighted by Gasteiger charge is -2.13. The predicted octanol–water partition coefficient (Wildman–Crippen LogP) is 2.86. The van der Waals surface area contributed by atoms with Crippen LogP contribution in [0, 0.1) is 0 Å². The first-order chi connectivity index (χ1) is 8.77. The van der Waals surface area contributed by atoms with E-state index in [0.29, 0.717) is 5.56 Å². The Morgan fingerprint density at radius 1 is 1.22 bits per heavy atom. The van der Waals surface area contributed by atoms with Gasteiger partial charge in [0, 0.05) is 12.1 Å². The van der Waals surface area contributed by atoms with Gasteiger partial charge in [-0.1, -0.05) is 24.3 Å². The minimum atomic E-state index is -0.866. The van der Waals surface area contributed by atoms with Gasteiger partial charge in [0.05, 0.1) is 11.3 Å². The molecule has 90 valence electrons. The van der Waals surface area contributed by atoms with Gasteiger partial charge < -0.3 is 5.11 Å². The van der Waals surface area contributed by atoms with Crippen molar-refractivity contribution in [3.05, 3.63) is 65.0 Å². The number of benzene rings is 1. The van der Waals surface area contributed by atoms with E-state index >= 15 is 0 Å². The molecule has 3 nitrogen and oxygen atoms in total. The number of hydrogen-bond donors (Lipinski definition) is 1. The number of aromatic carboxylic acids is 1. The molecule has 0 saturated heterocycles. The maximum atomic E-state index is 11.3. The SMILES string of the molecule is O=C(O)c1ccccc1C1CCc2cccnc21. The zero-order chi connectivity index (χ0) is 12.5. The number of hydrogen-bond acceptors (Lipinski definition) is 2. The van der Waals surface area contributed by atoms with Crippen molar-refractivity contribution in [3.8, 4) is 0 Å². The minimum Gasteiger partial charge on any atom is -0.478 e. The van der Waals surface area contributed by atoms with Crippen molar-refractivity contribution in [1.29, 1.82) is 0 Å². The van der Waals surface area contributed by atoms with Gasteiger partial charge in [-0.15, -0.1) is 0 Å². The molecule has 0 fully saturated rings. The molecule has 1 aliphatic rings. The van der Waals surface area contributed by atoms with E-state index in [1.165, 1.54) is 5.56 Å². The molecule has 0 spiro atoms. The van der Waals surface area contributed by atoms with E-state index in [0.717, 1.165) is 24.1 Å². The maximum Gasteiger partial charge on any atom is 0.335 e. The van der Waals surface area contributed by atoms with Crippen molar-refractivity contribution in [1.82, 2.24) is 4.98 Å². The lowest BCUT2D eigenvalue weighted by atomic mass is 9.92. The van der Waals surface area contributed by atoms with Crippen LogP contribution in [0.5, 0.6) is 0 Å². The number of aryl methyl sites for hydroxylation is 1. The van der Waals surface area contributed by atoms with E-state index in [4.69, 9.17) is 0 Å². The van der Waals surface area contributed by atoms with E-state index in [1.54, 1.807) is 18.3 Å².